The van der Waals surface area contributed by atoms with E-state index >= 15 is 0 Å². The van der Waals surface area contributed by atoms with Crippen molar-refractivity contribution in [2.75, 3.05) is 33.2 Å². The normalized spacial score (nSPS) is 38.1. The van der Waals surface area contributed by atoms with Crippen LogP contribution >= 0.6 is 15.2 Å². The summed E-state index contributed by atoms with van der Waals surface area (Å²) in [4.78, 5) is 0. The summed E-state index contributed by atoms with van der Waals surface area (Å²) in [7, 11) is 1.76. The minimum Gasteiger partial charge on any atom is -0.390 e. The third kappa shape index (κ3) is 10.6. The van der Waals surface area contributed by atoms with Gasteiger partial charge in [-0.3, -0.25) is 9.13 Å². The largest absolute Gasteiger partial charge is 0.390 e. The Kier molecular flexibility index (Phi) is 12.9. The van der Waals surface area contributed by atoms with Crippen molar-refractivity contribution < 1.29 is 51.3 Å². The number of rotatable bonds is 15. The second kappa shape index (κ2) is 14.8. The Morgan fingerprint density at radius 3 is 2.00 bits per heavy atom. The van der Waals surface area contributed by atoms with Gasteiger partial charge in [-0.1, -0.05) is 0 Å². The summed E-state index contributed by atoms with van der Waals surface area (Å²) in [6, 6.07) is -0.221. The molecule has 3 aliphatic rings. The fourth-order valence-corrected chi connectivity index (χ4v) is 7.49. The van der Waals surface area contributed by atoms with E-state index in [1.54, 1.807) is 0 Å². The fraction of sp³-hybridized carbons (Fsp3) is 1.00. The topological polar surface area (TPSA) is 128 Å². The summed E-state index contributed by atoms with van der Waals surface area (Å²) < 4.78 is 73.4. The van der Waals surface area contributed by atoms with Gasteiger partial charge in [0.2, 0.25) is 0 Å². The summed E-state index contributed by atoms with van der Waals surface area (Å²) in [5, 5.41) is 10.1. The first-order valence-electron chi connectivity index (χ1n) is 14.2. The molecule has 0 spiro atoms. The van der Waals surface area contributed by atoms with E-state index in [2.05, 4.69) is 15.5 Å². The van der Waals surface area contributed by atoms with Crippen LogP contribution in [0.4, 0.5) is 0 Å². The molecule has 11 atom stereocenters. The molecule has 1 N–H and O–H groups in total. The molecular formula is C20H44B6O11P2. The Bertz CT molecular complexity index is 876. The molecule has 3 rings (SSSR count). The number of hydrogen-bond donors (Lipinski definition) is 1. The van der Waals surface area contributed by atoms with Gasteiger partial charge in [0.15, 0.2) is 0 Å². The van der Waals surface area contributed by atoms with Crippen LogP contribution in [0.5, 0.6) is 0 Å². The lowest BCUT2D eigenvalue weighted by Crippen LogP contribution is -2.33. The molecule has 218 valence electrons. The lowest BCUT2D eigenvalue weighted by atomic mass is 9.16. The van der Waals surface area contributed by atoms with Crippen molar-refractivity contribution in [3.63, 3.8) is 0 Å². The molecule has 3 aliphatic heterocycles. The van der Waals surface area contributed by atoms with Crippen LogP contribution < -0.4 is 0 Å². The highest BCUT2D eigenvalue weighted by molar-refractivity contribution is 7.53. The van der Waals surface area contributed by atoms with E-state index in [4.69, 9.17) is 37.0 Å². The molecule has 3 heterocycles. The molecule has 0 aliphatic carbocycles. The molecule has 0 aromatic carbocycles. The Morgan fingerprint density at radius 2 is 1.49 bits per heavy atom. The molecule has 3 fully saturated rings. The minimum absolute atomic E-state index is 0.0188. The third-order valence-electron chi connectivity index (χ3n) is 7.31. The van der Waals surface area contributed by atoms with Gasteiger partial charge in [-0.05, 0) is 33.1 Å². The average Bonchev–Trinajstić information content (AvgIpc) is 3.51. The predicted octanol–water partition coefficient (Wildman–Crippen LogP) is -2.48. The van der Waals surface area contributed by atoms with Crippen molar-refractivity contribution in [2.24, 2.45) is 0 Å². The van der Waals surface area contributed by atoms with Gasteiger partial charge in [-0.15, -0.1) is 0 Å². The maximum absolute atomic E-state index is 13.4. The molecule has 0 aromatic heterocycles. The molecular weight excluding hydrogens is 543 g/mol. The second-order valence-corrected chi connectivity index (χ2v) is 15.7. The molecule has 0 bridgehead atoms. The molecule has 0 amide bonds. The summed E-state index contributed by atoms with van der Waals surface area (Å²) in [6.07, 6.45) is -1.51. The highest BCUT2D eigenvalue weighted by Gasteiger charge is 2.44. The van der Waals surface area contributed by atoms with Crippen molar-refractivity contribution >= 4 is 59.9 Å². The van der Waals surface area contributed by atoms with Gasteiger partial charge in [-0.25, -0.2) is 0 Å². The molecule has 39 heavy (non-hydrogen) atoms. The first kappa shape index (κ1) is 34.0. The van der Waals surface area contributed by atoms with E-state index in [1.807, 2.05) is 29.4 Å². The highest BCUT2D eigenvalue weighted by atomic mass is 31.2. The molecule has 0 saturated carbocycles. The monoisotopic (exact) mass is 588 g/mol. The van der Waals surface area contributed by atoms with Gasteiger partial charge in [0.25, 0.3) is 0 Å². The van der Waals surface area contributed by atoms with Gasteiger partial charge in [-0.2, -0.15) is 0 Å². The van der Waals surface area contributed by atoms with Crippen LogP contribution in [-0.2, 0) is 46.2 Å². The molecule has 3 saturated heterocycles. The number of ether oxygens (including phenoxy) is 4. The SMILES string of the molecule is BB[C@H]1CC(OP(C)(=O)OC[C@H]2O[C@@H](B)CC2O)[C@@H](COP(C)(=O)OC2C[C@H](B(B)B)O[C@@H]2COC(C)C)O1. The Labute approximate surface area is 238 Å². The maximum Gasteiger partial charge on any atom is 0.328 e. The summed E-state index contributed by atoms with van der Waals surface area (Å²) in [5.41, 5.74) is 0. The van der Waals surface area contributed by atoms with Crippen LogP contribution in [0, 0.1) is 0 Å². The van der Waals surface area contributed by atoms with E-state index in [1.165, 1.54) is 13.3 Å². The predicted molar refractivity (Wildman–Crippen MR) is 163 cm³/mol. The smallest absolute Gasteiger partial charge is 0.328 e. The first-order chi connectivity index (χ1) is 18.2. The van der Waals surface area contributed by atoms with E-state index < -0.39 is 45.7 Å². The zero-order chi connectivity index (χ0) is 29.0. The Hall–Kier alpha value is 0.490. The van der Waals surface area contributed by atoms with Crippen molar-refractivity contribution in [3.05, 3.63) is 0 Å². The Morgan fingerprint density at radius 1 is 0.923 bits per heavy atom. The third-order valence-corrected chi connectivity index (χ3v) is 9.85. The van der Waals surface area contributed by atoms with Gasteiger partial charge >= 0.3 is 15.2 Å². The fourth-order valence-electron chi connectivity index (χ4n) is 5.10. The molecule has 19 heteroatoms. The summed E-state index contributed by atoms with van der Waals surface area (Å²) >= 11 is 0. The van der Waals surface area contributed by atoms with Crippen molar-refractivity contribution in [1.82, 2.24) is 0 Å². The highest BCUT2D eigenvalue weighted by Crippen LogP contribution is 2.51. The average molecular weight is 587 g/mol. The molecule has 0 radical (unpaired) electrons. The van der Waals surface area contributed by atoms with Crippen molar-refractivity contribution in [3.8, 4) is 0 Å². The zero-order valence-corrected chi connectivity index (χ0v) is 26.5. The van der Waals surface area contributed by atoms with Crippen LogP contribution in [0.15, 0.2) is 0 Å². The van der Waals surface area contributed by atoms with E-state index in [9.17, 15) is 14.2 Å². The number of hydrogen-bond acceptors (Lipinski definition) is 11. The number of aliphatic hydroxyl groups is 1. The van der Waals surface area contributed by atoms with Crippen LogP contribution in [0.3, 0.4) is 0 Å². The van der Waals surface area contributed by atoms with Gasteiger partial charge in [0, 0.05) is 31.3 Å². The van der Waals surface area contributed by atoms with E-state index in [0.717, 1.165) is 7.17 Å². The van der Waals surface area contributed by atoms with Gasteiger partial charge < -0.3 is 42.1 Å². The quantitative estimate of drug-likeness (QED) is 0.162. The second-order valence-electron chi connectivity index (χ2n) is 11.7. The van der Waals surface area contributed by atoms with Crippen LogP contribution in [0.25, 0.3) is 0 Å². The lowest BCUT2D eigenvalue weighted by molar-refractivity contribution is -0.0463. The lowest BCUT2D eigenvalue weighted by Gasteiger charge is -2.26. The van der Waals surface area contributed by atoms with Gasteiger partial charge in [0.05, 0.1) is 67.4 Å². The zero-order valence-electron chi connectivity index (χ0n) is 24.7. The van der Waals surface area contributed by atoms with Crippen molar-refractivity contribution in [2.45, 2.75) is 93.8 Å². The molecule has 11 nitrogen and oxygen atoms in total. The van der Waals surface area contributed by atoms with Crippen LogP contribution in [0.2, 0.25) is 0 Å². The summed E-state index contributed by atoms with van der Waals surface area (Å²) in [6.45, 7) is 7.29. The Balaban J connectivity index is 1.55. The summed E-state index contributed by atoms with van der Waals surface area (Å²) in [5.74, 6) is 0. The van der Waals surface area contributed by atoms with E-state index in [-0.39, 0.29) is 49.9 Å². The molecule has 5 unspecified atom stereocenters. The van der Waals surface area contributed by atoms with Crippen molar-refractivity contribution in [1.29, 1.82) is 0 Å². The first-order valence-corrected chi connectivity index (χ1v) is 18.2. The standard InChI is InChI=1S/C20H44B6O11P2/c1-11(2)30-8-16-14(7-20(35-16)26(23)24)37-39(4,29)32-10-17-13(6-19(25-22)34-17)36-38(3,28)31-9-15-12(27)5-18(21)33-15/h11-20,25,27H,5-10,21-24H2,1-4H3/t12?,13?,14?,15-,16-,17-,18-,19-,20-,38?,39?/m1/s1. The van der Waals surface area contributed by atoms with Gasteiger partial charge in [0.1, 0.15) is 39.8 Å². The molecule has 0 aromatic rings. The minimum atomic E-state index is -3.50. The van der Waals surface area contributed by atoms with Crippen LogP contribution in [-0.4, -0.2) is 144 Å². The van der Waals surface area contributed by atoms with E-state index in [0.29, 0.717) is 25.9 Å². The maximum atomic E-state index is 13.4. The number of aliphatic hydroxyl groups excluding tert-OH is 1. The van der Waals surface area contributed by atoms with Crippen LogP contribution in [0.1, 0.15) is 33.1 Å².